The van der Waals surface area contributed by atoms with E-state index >= 15 is 0 Å². The van der Waals surface area contributed by atoms with Crippen molar-refractivity contribution >= 4 is 29.9 Å². The smallest absolute Gasteiger partial charge is 0.254 e. The normalized spacial score (nSPS) is 16.7. The molecule has 0 radical (unpaired) electrons. The van der Waals surface area contributed by atoms with Crippen molar-refractivity contribution in [3.8, 4) is 11.5 Å². The van der Waals surface area contributed by atoms with Gasteiger partial charge < -0.3 is 19.7 Å². The fraction of sp³-hybridized carbons (Fsp3) is 0.611. The summed E-state index contributed by atoms with van der Waals surface area (Å²) in [6.45, 7) is 7.14. The molecule has 1 atom stereocenters. The SMILES string of the molecule is CNCC1CCN(C(=O)c2cc(Cl)c(OCC(C)C)c(OC)c2)C1.Cl. The molecule has 1 aliphatic rings. The van der Waals surface area contributed by atoms with Gasteiger partial charge in [-0.15, -0.1) is 12.4 Å². The lowest BCUT2D eigenvalue weighted by atomic mass is 10.1. The predicted octanol–water partition coefficient (Wildman–Crippen LogP) is 3.49. The molecule has 1 fully saturated rings. The molecule has 1 amide bonds. The molecule has 0 spiro atoms. The zero-order valence-electron chi connectivity index (χ0n) is 15.3. The molecule has 25 heavy (non-hydrogen) atoms. The van der Waals surface area contributed by atoms with Crippen LogP contribution in [0.2, 0.25) is 5.02 Å². The molecular formula is C18H28Cl2N2O3. The van der Waals surface area contributed by atoms with E-state index in [9.17, 15) is 4.79 Å². The molecule has 5 nitrogen and oxygen atoms in total. The minimum atomic E-state index is -0.00999. The summed E-state index contributed by atoms with van der Waals surface area (Å²) in [6, 6.07) is 3.39. The Kier molecular flexibility index (Phi) is 8.83. The van der Waals surface area contributed by atoms with Gasteiger partial charge in [-0.25, -0.2) is 0 Å². The van der Waals surface area contributed by atoms with E-state index in [4.69, 9.17) is 21.1 Å². The highest BCUT2D eigenvalue weighted by Gasteiger charge is 2.27. The average molecular weight is 391 g/mol. The number of nitrogens with zero attached hydrogens (tertiary/aromatic N) is 1. The zero-order chi connectivity index (χ0) is 17.7. The van der Waals surface area contributed by atoms with Crippen molar-refractivity contribution in [1.82, 2.24) is 10.2 Å². The first-order valence-electron chi connectivity index (χ1n) is 8.40. The van der Waals surface area contributed by atoms with E-state index in [0.717, 1.165) is 26.1 Å². The van der Waals surface area contributed by atoms with Gasteiger partial charge in [-0.2, -0.15) is 0 Å². The number of amides is 1. The van der Waals surface area contributed by atoms with Crippen molar-refractivity contribution in [1.29, 1.82) is 0 Å². The number of carbonyl (C=O) groups excluding carboxylic acids is 1. The molecule has 1 saturated heterocycles. The second-order valence-corrected chi connectivity index (χ2v) is 7.07. The summed E-state index contributed by atoms with van der Waals surface area (Å²) < 4.78 is 11.1. The van der Waals surface area contributed by atoms with Crippen LogP contribution in [-0.2, 0) is 0 Å². The summed E-state index contributed by atoms with van der Waals surface area (Å²) >= 11 is 6.34. The van der Waals surface area contributed by atoms with Crippen LogP contribution in [-0.4, -0.2) is 51.2 Å². The number of methoxy groups -OCH3 is 1. The number of hydrogen-bond donors (Lipinski definition) is 1. The molecule has 0 aromatic heterocycles. The third-order valence-electron chi connectivity index (χ3n) is 4.10. The number of benzene rings is 1. The Balaban J connectivity index is 0.00000312. The Bertz CT molecular complexity index is 582. The Morgan fingerprint density at radius 3 is 2.76 bits per heavy atom. The minimum absolute atomic E-state index is 0. The number of likely N-dealkylation sites (tertiary alicyclic amines) is 1. The maximum absolute atomic E-state index is 12.7. The Morgan fingerprint density at radius 1 is 1.44 bits per heavy atom. The van der Waals surface area contributed by atoms with Crippen LogP contribution < -0.4 is 14.8 Å². The maximum Gasteiger partial charge on any atom is 0.254 e. The lowest BCUT2D eigenvalue weighted by molar-refractivity contribution is 0.0786. The molecule has 2 rings (SSSR count). The van der Waals surface area contributed by atoms with Gasteiger partial charge in [-0.05, 0) is 44.0 Å². The number of halogens is 2. The van der Waals surface area contributed by atoms with E-state index in [1.165, 1.54) is 0 Å². The molecule has 0 saturated carbocycles. The van der Waals surface area contributed by atoms with Crippen LogP contribution in [0.25, 0.3) is 0 Å². The van der Waals surface area contributed by atoms with Crippen LogP contribution in [0.1, 0.15) is 30.6 Å². The van der Waals surface area contributed by atoms with Gasteiger partial charge in [-0.3, -0.25) is 4.79 Å². The third-order valence-corrected chi connectivity index (χ3v) is 4.38. The molecule has 0 aliphatic carbocycles. The summed E-state index contributed by atoms with van der Waals surface area (Å²) in [4.78, 5) is 14.6. The third kappa shape index (κ3) is 5.66. The maximum atomic E-state index is 12.7. The van der Waals surface area contributed by atoms with E-state index in [2.05, 4.69) is 19.2 Å². The number of ether oxygens (including phenoxy) is 2. The zero-order valence-corrected chi connectivity index (χ0v) is 16.9. The Hall–Kier alpha value is -1.17. The van der Waals surface area contributed by atoms with Gasteiger partial charge >= 0.3 is 0 Å². The van der Waals surface area contributed by atoms with Crippen molar-refractivity contribution in [3.63, 3.8) is 0 Å². The fourth-order valence-electron chi connectivity index (χ4n) is 2.89. The first kappa shape index (κ1) is 21.9. The highest BCUT2D eigenvalue weighted by molar-refractivity contribution is 6.32. The van der Waals surface area contributed by atoms with Crippen LogP contribution in [0.15, 0.2) is 12.1 Å². The van der Waals surface area contributed by atoms with E-state index in [1.54, 1.807) is 19.2 Å². The highest BCUT2D eigenvalue weighted by Crippen LogP contribution is 2.37. The van der Waals surface area contributed by atoms with Crippen molar-refractivity contribution in [2.75, 3.05) is 40.4 Å². The molecule has 7 heteroatoms. The van der Waals surface area contributed by atoms with Gasteiger partial charge in [0.2, 0.25) is 0 Å². The second kappa shape index (κ2) is 10.1. The van der Waals surface area contributed by atoms with Crippen LogP contribution in [0.4, 0.5) is 0 Å². The first-order chi connectivity index (χ1) is 11.5. The largest absolute Gasteiger partial charge is 0.493 e. The highest BCUT2D eigenvalue weighted by atomic mass is 35.5. The van der Waals surface area contributed by atoms with Gasteiger partial charge in [-0.1, -0.05) is 25.4 Å². The van der Waals surface area contributed by atoms with Gasteiger partial charge in [0.05, 0.1) is 18.7 Å². The molecule has 142 valence electrons. The van der Waals surface area contributed by atoms with E-state index in [1.807, 2.05) is 11.9 Å². The number of hydrogen-bond acceptors (Lipinski definition) is 4. The number of carbonyl (C=O) groups is 1. The molecule has 1 N–H and O–H groups in total. The van der Waals surface area contributed by atoms with Gasteiger partial charge in [0.15, 0.2) is 11.5 Å². The van der Waals surface area contributed by atoms with Crippen LogP contribution in [0.5, 0.6) is 11.5 Å². The van der Waals surface area contributed by atoms with Crippen LogP contribution >= 0.6 is 24.0 Å². The Morgan fingerprint density at radius 2 is 2.16 bits per heavy atom. The molecular weight excluding hydrogens is 363 g/mol. The van der Waals surface area contributed by atoms with Crippen LogP contribution in [0, 0.1) is 11.8 Å². The first-order valence-corrected chi connectivity index (χ1v) is 8.78. The van der Waals surface area contributed by atoms with Crippen molar-refractivity contribution in [3.05, 3.63) is 22.7 Å². The van der Waals surface area contributed by atoms with E-state index in [-0.39, 0.29) is 18.3 Å². The molecule has 1 unspecified atom stereocenters. The molecule has 1 aliphatic heterocycles. The molecule has 1 aromatic carbocycles. The van der Waals surface area contributed by atoms with Crippen molar-refractivity contribution in [2.45, 2.75) is 20.3 Å². The summed E-state index contributed by atoms with van der Waals surface area (Å²) in [5, 5.41) is 3.58. The van der Waals surface area contributed by atoms with E-state index < -0.39 is 0 Å². The lowest BCUT2D eigenvalue weighted by Gasteiger charge is -2.19. The fourth-order valence-corrected chi connectivity index (χ4v) is 3.15. The average Bonchev–Trinajstić information content (AvgIpc) is 3.01. The summed E-state index contributed by atoms with van der Waals surface area (Å²) in [5.74, 6) is 1.87. The summed E-state index contributed by atoms with van der Waals surface area (Å²) in [5.41, 5.74) is 0.541. The monoisotopic (exact) mass is 390 g/mol. The molecule has 1 heterocycles. The minimum Gasteiger partial charge on any atom is -0.493 e. The van der Waals surface area contributed by atoms with Crippen molar-refractivity contribution < 1.29 is 14.3 Å². The number of nitrogens with one attached hydrogen (secondary N) is 1. The van der Waals surface area contributed by atoms with Gasteiger partial charge in [0.25, 0.3) is 5.91 Å². The van der Waals surface area contributed by atoms with E-state index in [0.29, 0.717) is 40.5 Å². The molecule has 1 aromatic rings. The summed E-state index contributed by atoms with van der Waals surface area (Å²) in [6.07, 6.45) is 1.02. The second-order valence-electron chi connectivity index (χ2n) is 6.66. The topological polar surface area (TPSA) is 50.8 Å². The van der Waals surface area contributed by atoms with Crippen molar-refractivity contribution in [2.24, 2.45) is 11.8 Å². The lowest BCUT2D eigenvalue weighted by Crippen LogP contribution is -2.30. The molecule has 0 bridgehead atoms. The standard InChI is InChI=1S/C18H27ClN2O3.ClH/c1-12(2)11-24-17-15(19)7-14(8-16(17)23-4)18(22)21-6-5-13(10-21)9-20-3;/h7-8,12-13,20H,5-6,9-11H2,1-4H3;1H. The predicted molar refractivity (Wildman–Crippen MR) is 104 cm³/mol. The quantitative estimate of drug-likeness (QED) is 0.773. The van der Waals surface area contributed by atoms with Gasteiger partial charge in [0, 0.05) is 18.7 Å². The van der Waals surface area contributed by atoms with Crippen LogP contribution in [0.3, 0.4) is 0 Å². The van der Waals surface area contributed by atoms with Gasteiger partial charge in [0.1, 0.15) is 0 Å². The Labute approximate surface area is 161 Å². The number of rotatable bonds is 7. The summed E-state index contributed by atoms with van der Waals surface area (Å²) in [7, 11) is 3.49.